The minimum absolute atomic E-state index is 0.0602. The van der Waals surface area contributed by atoms with Gasteiger partial charge in [0.05, 0.1) is 30.4 Å². The number of aliphatic hydroxyl groups is 1. The fourth-order valence-corrected chi connectivity index (χ4v) is 3.78. The summed E-state index contributed by atoms with van der Waals surface area (Å²) in [5.74, 6) is -0.588. The number of ether oxygens (including phenoxy) is 2. The number of nitrogens with zero attached hydrogens (tertiary/aromatic N) is 2. The summed E-state index contributed by atoms with van der Waals surface area (Å²) >= 11 is 0. The molecule has 32 heavy (non-hydrogen) atoms. The fraction of sp³-hybridized carbons (Fsp3) is 0.360. The van der Waals surface area contributed by atoms with Gasteiger partial charge >= 0.3 is 0 Å². The summed E-state index contributed by atoms with van der Waals surface area (Å²) in [6.07, 6.45) is 0. The van der Waals surface area contributed by atoms with Crippen molar-refractivity contribution in [3.63, 3.8) is 0 Å². The summed E-state index contributed by atoms with van der Waals surface area (Å²) in [6.45, 7) is 5.51. The molecule has 1 unspecified atom stereocenters. The molecule has 0 spiro atoms. The number of amides is 1. The van der Waals surface area contributed by atoms with Gasteiger partial charge in [-0.25, -0.2) is 0 Å². The zero-order chi connectivity index (χ0) is 23.3. The minimum atomic E-state index is -0.702. The van der Waals surface area contributed by atoms with Crippen LogP contribution in [0.15, 0.2) is 54.1 Å². The van der Waals surface area contributed by atoms with E-state index in [1.165, 1.54) is 4.90 Å². The van der Waals surface area contributed by atoms with Crippen LogP contribution in [-0.4, -0.2) is 67.0 Å². The van der Waals surface area contributed by atoms with E-state index in [1.807, 2.05) is 63.2 Å². The average Bonchev–Trinajstić information content (AvgIpc) is 3.03. The van der Waals surface area contributed by atoms with E-state index in [0.717, 1.165) is 5.56 Å². The second kappa shape index (κ2) is 10.3. The number of hydrogen-bond donors (Lipinski definition) is 1. The van der Waals surface area contributed by atoms with Crippen molar-refractivity contribution in [1.82, 2.24) is 9.80 Å². The monoisotopic (exact) mass is 438 g/mol. The van der Waals surface area contributed by atoms with Crippen molar-refractivity contribution >= 4 is 17.4 Å². The maximum absolute atomic E-state index is 13.1. The molecule has 3 rings (SSSR count). The SMILES string of the molecule is CCOc1ccc(/C(O)=C2/C(=O)C(=O)N(CCN(C)C)C2c2ccccc2)c(OCC)c1. The molecule has 7 nitrogen and oxygen atoms in total. The van der Waals surface area contributed by atoms with Crippen LogP contribution in [0.25, 0.3) is 5.76 Å². The third kappa shape index (κ3) is 4.78. The average molecular weight is 439 g/mol. The zero-order valence-corrected chi connectivity index (χ0v) is 19.0. The first kappa shape index (κ1) is 23.3. The number of likely N-dealkylation sites (N-methyl/N-ethyl adjacent to an activating group) is 1. The summed E-state index contributed by atoms with van der Waals surface area (Å²) in [6, 6.07) is 13.6. The highest BCUT2D eigenvalue weighted by Crippen LogP contribution is 2.41. The van der Waals surface area contributed by atoms with Gasteiger partial charge in [-0.1, -0.05) is 30.3 Å². The molecule has 170 valence electrons. The van der Waals surface area contributed by atoms with Crippen LogP contribution >= 0.6 is 0 Å². The second-order valence-corrected chi connectivity index (χ2v) is 7.73. The number of ketones is 1. The lowest BCUT2D eigenvalue weighted by molar-refractivity contribution is -0.140. The Labute approximate surface area is 188 Å². The third-order valence-electron chi connectivity index (χ3n) is 5.26. The van der Waals surface area contributed by atoms with Gasteiger partial charge in [-0.05, 0) is 45.6 Å². The summed E-state index contributed by atoms with van der Waals surface area (Å²) in [4.78, 5) is 29.5. The Bertz CT molecular complexity index is 1000. The van der Waals surface area contributed by atoms with Crippen LogP contribution in [0.5, 0.6) is 11.5 Å². The molecule has 0 aromatic heterocycles. The molecule has 1 N–H and O–H groups in total. The van der Waals surface area contributed by atoms with Crippen LogP contribution in [0.1, 0.15) is 31.0 Å². The number of aliphatic hydroxyl groups excluding tert-OH is 1. The van der Waals surface area contributed by atoms with Crippen LogP contribution < -0.4 is 9.47 Å². The highest BCUT2D eigenvalue weighted by atomic mass is 16.5. The van der Waals surface area contributed by atoms with Crippen molar-refractivity contribution in [1.29, 1.82) is 0 Å². The standard InChI is InChI=1S/C25H30N2O5/c1-5-31-18-12-13-19(20(16-18)32-6-2)23(28)21-22(17-10-8-7-9-11-17)27(15-14-26(3)4)25(30)24(21)29/h7-13,16,22,28H,5-6,14-15H2,1-4H3/b23-21-. The van der Waals surface area contributed by atoms with Gasteiger partial charge in [0.25, 0.3) is 11.7 Å². The molecule has 1 heterocycles. The third-order valence-corrected chi connectivity index (χ3v) is 5.26. The summed E-state index contributed by atoms with van der Waals surface area (Å²) in [5, 5.41) is 11.3. The van der Waals surface area contributed by atoms with E-state index in [2.05, 4.69) is 0 Å². The first-order chi connectivity index (χ1) is 15.4. The van der Waals surface area contributed by atoms with Gasteiger partial charge in [0.2, 0.25) is 0 Å². The molecular formula is C25H30N2O5. The molecule has 1 fully saturated rings. The number of carbonyl (C=O) groups excluding carboxylic acids is 2. The smallest absolute Gasteiger partial charge is 0.295 e. The van der Waals surface area contributed by atoms with Crippen LogP contribution in [0.4, 0.5) is 0 Å². The fourth-order valence-electron chi connectivity index (χ4n) is 3.78. The molecule has 0 saturated carbocycles. The molecular weight excluding hydrogens is 408 g/mol. The lowest BCUT2D eigenvalue weighted by Crippen LogP contribution is -2.35. The Kier molecular flexibility index (Phi) is 7.53. The maximum atomic E-state index is 13.1. The first-order valence-corrected chi connectivity index (χ1v) is 10.8. The highest BCUT2D eigenvalue weighted by molar-refractivity contribution is 6.46. The normalized spacial score (nSPS) is 17.8. The van der Waals surface area contributed by atoms with Gasteiger partial charge in [0.15, 0.2) is 0 Å². The van der Waals surface area contributed by atoms with Gasteiger partial charge in [0, 0.05) is 19.2 Å². The predicted octanol–water partition coefficient (Wildman–Crippen LogP) is 3.47. The molecule has 1 atom stereocenters. The van der Waals surface area contributed by atoms with Gasteiger partial charge < -0.3 is 24.4 Å². The van der Waals surface area contributed by atoms with Crippen molar-refractivity contribution in [2.75, 3.05) is 40.4 Å². The quantitative estimate of drug-likeness (QED) is 0.367. The number of rotatable bonds is 9. The molecule has 2 aromatic rings. The Morgan fingerprint density at radius 1 is 1.03 bits per heavy atom. The molecule has 0 bridgehead atoms. The zero-order valence-electron chi connectivity index (χ0n) is 19.0. The van der Waals surface area contributed by atoms with Crippen molar-refractivity contribution in [3.8, 4) is 11.5 Å². The Morgan fingerprint density at radius 2 is 1.72 bits per heavy atom. The molecule has 0 aliphatic carbocycles. The molecule has 7 heteroatoms. The van der Waals surface area contributed by atoms with Crippen LogP contribution in [0, 0.1) is 0 Å². The van der Waals surface area contributed by atoms with Gasteiger partial charge in [-0.15, -0.1) is 0 Å². The number of Topliss-reactive ketones (excluding diaryl/α,β-unsaturated/α-hetero) is 1. The summed E-state index contributed by atoms with van der Waals surface area (Å²) < 4.78 is 11.3. The topological polar surface area (TPSA) is 79.3 Å². The number of carbonyl (C=O) groups is 2. The molecule has 1 aliphatic heterocycles. The number of benzene rings is 2. The van der Waals surface area contributed by atoms with E-state index in [9.17, 15) is 14.7 Å². The Balaban J connectivity index is 2.15. The van der Waals surface area contributed by atoms with E-state index in [-0.39, 0.29) is 11.3 Å². The summed E-state index contributed by atoms with van der Waals surface area (Å²) in [5.41, 5.74) is 1.17. The van der Waals surface area contributed by atoms with Crippen molar-refractivity contribution < 1.29 is 24.2 Å². The lowest BCUT2D eigenvalue weighted by atomic mass is 9.95. The van der Waals surface area contributed by atoms with E-state index < -0.39 is 17.7 Å². The van der Waals surface area contributed by atoms with Gasteiger partial charge in [0.1, 0.15) is 17.3 Å². The minimum Gasteiger partial charge on any atom is -0.507 e. The van der Waals surface area contributed by atoms with E-state index in [4.69, 9.17) is 9.47 Å². The van der Waals surface area contributed by atoms with Crippen LogP contribution in [0.3, 0.4) is 0 Å². The maximum Gasteiger partial charge on any atom is 0.295 e. The van der Waals surface area contributed by atoms with Crippen molar-refractivity contribution in [3.05, 3.63) is 65.2 Å². The highest BCUT2D eigenvalue weighted by Gasteiger charge is 2.46. The number of likely N-dealkylation sites (tertiary alicyclic amines) is 1. The first-order valence-electron chi connectivity index (χ1n) is 10.8. The van der Waals surface area contributed by atoms with Crippen LogP contribution in [0.2, 0.25) is 0 Å². The molecule has 1 amide bonds. The molecule has 0 radical (unpaired) electrons. The van der Waals surface area contributed by atoms with Crippen molar-refractivity contribution in [2.45, 2.75) is 19.9 Å². The van der Waals surface area contributed by atoms with E-state index in [1.54, 1.807) is 18.2 Å². The van der Waals surface area contributed by atoms with Gasteiger partial charge in [-0.2, -0.15) is 0 Å². The lowest BCUT2D eigenvalue weighted by Gasteiger charge is -2.26. The van der Waals surface area contributed by atoms with E-state index in [0.29, 0.717) is 43.4 Å². The predicted molar refractivity (Wildman–Crippen MR) is 123 cm³/mol. The molecule has 1 aliphatic rings. The largest absolute Gasteiger partial charge is 0.507 e. The summed E-state index contributed by atoms with van der Waals surface area (Å²) in [7, 11) is 3.81. The number of hydrogen-bond acceptors (Lipinski definition) is 6. The Hall–Kier alpha value is -3.32. The molecule has 1 saturated heterocycles. The van der Waals surface area contributed by atoms with E-state index >= 15 is 0 Å². The molecule has 2 aromatic carbocycles. The van der Waals surface area contributed by atoms with Crippen molar-refractivity contribution in [2.24, 2.45) is 0 Å². The van der Waals surface area contributed by atoms with Gasteiger partial charge in [-0.3, -0.25) is 9.59 Å². The second-order valence-electron chi connectivity index (χ2n) is 7.73. The van der Waals surface area contributed by atoms with Crippen LogP contribution in [-0.2, 0) is 9.59 Å². The Morgan fingerprint density at radius 3 is 2.34 bits per heavy atom.